The lowest BCUT2D eigenvalue weighted by Crippen LogP contribution is -2.27. The molecular formula is C15H22BrNO. The predicted molar refractivity (Wildman–Crippen MR) is 79.2 cm³/mol. The summed E-state index contributed by atoms with van der Waals surface area (Å²) in [6.45, 7) is 9.26. The minimum atomic E-state index is 0.332. The minimum Gasteiger partial charge on any atom is -0.379 e. The molecule has 0 saturated heterocycles. The number of hydrogen-bond donors (Lipinski definition) is 1. The van der Waals surface area contributed by atoms with Crippen molar-refractivity contribution in [1.29, 1.82) is 0 Å². The normalized spacial score (nSPS) is 19.4. The molecule has 18 heavy (non-hydrogen) atoms. The van der Waals surface area contributed by atoms with Gasteiger partial charge >= 0.3 is 0 Å². The Morgan fingerprint density at radius 2 is 2.22 bits per heavy atom. The van der Waals surface area contributed by atoms with E-state index in [2.05, 4.69) is 48.1 Å². The highest BCUT2D eigenvalue weighted by Crippen LogP contribution is 2.33. The molecular weight excluding hydrogens is 290 g/mol. The summed E-state index contributed by atoms with van der Waals surface area (Å²) in [4.78, 5) is 0. The fourth-order valence-electron chi connectivity index (χ4n) is 2.69. The van der Waals surface area contributed by atoms with Crippen LogP contribution in [0.3, 0.4) is 0 Å². The summed E-state index contributed by atoms with van der Waals surface area (Å²) in [5.74, 6) is 0. The quantitative estimate of drug-likeness (QED) is 0.919. The summed E-state index contributed by atoms with van der Waals surface area (Å²) in [6.07, 6.45) is 2.18. The van der Waals surface area contributed by atoms with Crippen molar-refractivity contribution in [3.8, 4) is 0 Å². The molecule has 0 aromatic heterocycles. The van der Waals surface area contributed by atoms with Gasteiger partial charge in [-0.1, -0.05) is 22.9 Å². The standard InChI is InChI=1S/C15H22BrNO/c1-4-6-17-14-9-18-7-5-12-10(2)8-13(16)11(3)15(12)14/h8,14,17H,4-7,9H2,1-3H3. The van der Waals surface area contributed by atoms with E-state index < -0.39 is 0 Å². The molecule has 1 unspecified atom stereocenters. The van der Waals surface area contributed by atoms with Crippen LogP contribution in [0.1, 0.15) is 41.6 Å². The van der Waals surface area contributed by atoms with Crippen LogP contribution in [0.2, 0.25) is 0 Å². The molecule has 1 atom stereocenters. The van der Waals surface area contributed by atoms with E-state index >= 15 is 0 Å². The Hall–Kier alpha value is -0.380. The van der Waals surface area contributed by atoms with Crippen LogP contribution in [0.5, 0.6) is 0 Å². The first-order valence-corrected chi connectivity index (χ1v) is 7.54. The number of halogens is 1. The smallest absolute Gasteiger partial charge is 0.0661 e. The number of fused-ring (bicyclic) bond motifs is 1. The van der Waals surface area contributed by atoms with Crippen LogP contribution in [0, 0.1) is 13.8 Å². The number of aryl methyl sites for hydroxylation is 1. The molecule has 2 nitrogen and oxygen atoms in total. The fraction of sp³-hybridized carbons (Fsp3) is 0.600. The van der Waals surface area contributed by atoms with Gasteiger partial charge in [0.1, 0.15) is 0 Å². The van der Waals surface area contributed by atoms with Crippen LogP contribution in [0.15, 0.2) is 10.5 Å². The zero-order chi connectivity index (χ0) is 13.1. The van der Waals surface area contributed by atoms with Gasteiger partial charge in [-0.05, 0) is 61.6 Å². The van der Waals surface area contributed by atoms with Gasteiger partial charge in [-0.3, -0.25) is 0 Å². The van der Waals surface area contributed by atoms with Crippen molar-refractivity contribution >= 4 is 15.9 Å². The van der Waals surface area contributed by atoms with Crippen LogP contribution < -0.4 is 5.32 Å². The Kier molecular flexibility index (Phi) is 4.82. The van der Waals surface area contributed by atoms with Gasteiger partial charge in [-0.25, -0.2) is 0 Å². The molecule has 0 bridgehead atoms. The molecule has 1 aliphatic heterocycles. The highest BCUT2D eigenvalue weighted by molar-refractivity contribution is 9.10. The van der Waals surface area contributed by atoms with Crippen molar-refractivity contribution in [2.45, 2.75) is 39.7 Å². The largest absolute Gasteiger partial charge is 0.379 e. The molecule has 0 radical (unpaired) electrons. The van der Waals surface area contributed by atoms with E-state index in [1.54, 1.807) is 0 Å². The predicted octanol–water partition coefficient (Wildman–Crippen LogP) is 3.68. The topological polar surface area (TPSA) is 21.3 Å². The van der Waals surface area contributed by atoms with Crippen molar-refractivity contribution in [1.82, 2.24) is 5.32 Å². The highest BCUT2D eigenvalue weighted by atomic mass is 79.9. The monoisotopic (exact) mass is 311 g/mol. The number of nitrogens with one attached hydrogen (secondary N) is 1. The van der Waals surface area contributed by atoms with E-state index in [-0.39, 0.29) is 0 Å². The Labute approximate surface area is 118 Å². The van der Waals surface area contributed by atoms with Gasteiger partial charge in [-0.15, -0.1) is 0 Å². The molecule has 1 aliphatic rings. The van der Waals surface area contributed by atoms with Crippen molar-refractivity contribution in [3.63, 3.8) is 0 Å². The first kappa shape index (κ1) is 14.0. The number of hydrogen-bond acceptors (Lipinski definition) is 2. The number of ether oxygens (including phenoxy) is 1. The van der Waals surface area contributed by atoms with Crippen LogP contribution in [-0.2, 0) is 11.2 Å². The summed E-state index contributed by atoms with van der Waals surface area (Å²) in [5.41, 5.74) is 5.65. The van der Waals surface area contributed by atoms with Crippen LogP contribution >= 0.6 is 15.9 Å². The third-order valence-corrected chi connectivity index (χ3v) is 4.50. The van der Waals surface area contributed by atoms with Crippen molar-refractivity contribution < 1.29 is 4.74 Å². The zero-order valence-electron chi connectivity index (χ0n) is 11.5. The lowest BCUT2D eigenvalue weighted by molar-refractivity contribution is 0.121. The Morgan fingerprint density at radius 3 is 2.94 bits per heavy atom. The van der Waals surface area contributed by atoms with Crippen molar-refractivity contribution in [2.24, 2.45) is 0 Å². The van der Waals surface area contributed by atoms with E-state index in [4.69, 9.17) is 4.74 Å². The van der Waals surface area contributed by atoms with E-state index in [0.717, 1.165) is 32.6 Å². The summed E-state index contributed by atoms with van der Waals surface area (Å²) in [6, 6.07) is 2.56. The SMILES string of the molecule is CCCNC1COCCc2c(C)cc(Br)c(C)c21. The van der Waals surface area contributed by atoms with Crippen molar-refractivity contribution in [3.05, 3.63) is 32.8 Å². The molecule has 1 aromatic rings. The third-order valence-electron chi connectivity index (χ3n) is 3.68. The Morgan fingerprint density at radius 1 is 1.44 bits per heavy atom. The minimum absolute atomic E-state index is 0.332. The highest BCUT2D eigenvalue weighted by Gasteiger charge is 2.23. The molecule has 3 heteroatoms. The molecule has 0 fully saturated rings. The summed E-state index contributed by atoms with van der Waals surface area (Å²) in [7, 11) is 0. The van der Waals surface area contributed by atoms with E-state index in [1.807, 2.05) is 0 Å². The van der Waals surface area contributed by atoms with E-state index in [1.165, 1.54) is 26.7 Å². The lowest BCUT2D eigenvalue weighted by atomic mass is 9.91. The molecule has 1 aromatic carbocycles. The van der Waals surface area contributed by atoms with Gasteiger partial charge in [0, 0.05) is 4.47 Å². The first-order chi connectivity index (χ1) is 8.65. The number of benzene rings is 1. The maximum Gasteiger partial charge on any atom is 0.0661 e. The average molecular weight is 312 g/mol. The van der Waals surface area contributed by atoms with E-state index in [9.17, 15) is 0 Å². The second-order valence-electron chi connectivity index (χ2n) is 5.02. The van der Waals surface area contributed by atoms with Gasteiger partial charge in [0.05, 0.1) is 19.3 Å². The molecule has 2 rings (SSSR count). The molecule has 1 N–H and O–H groups in total. The Bertz CT molecular complexity index is 431. The molecule has 0 amide bonds. The maximum absolute atomic E-state index is 5.76. The second-order valence-corrected chi connectivity index (χ2v) is 5.88. The summed E-state index contributed by atoms with van der Waals surface area (Å²) in [5, 5.41) is 3.62. The second kappa shape index (κ2) is 6.18. The summed E-state index contributed by atoms with van der Waals surface area (Å²) >= 11 is 3.68. The van der Waals surface area contributed by atoms with Gasteiger partial charge in [0.15, 0.2) is 0 Å². The lowest BCUT2D eigenvalue weighted by Gasteiger charge is -2.23. The first-order valence-electron chi connectivity index (χ1n) is 6.74. The van der Waals surface area contributed by atoms with Gasteiger partial charge in [0.25, 0.3) is 0 Å². The molecule has 0 spiro atoms. The fourth-order valence-corrected chi connectivity index (χ4v) is 3.25. The van der Waals surface area contributed by atoms with Crippen LogP contribution in [-0.4, -0.2) is 19.8 Å². The molecule has 100 valence electrons. The van der Waals surface area contributed by atoms with Gasteiger partial charge in [-0.2, -0.15) is 0 Å². The van der Waals surface area contributed by atoms with E-state index in [0.29, 0.717) is 6.04 Å². The van der Waals surface area contributed by atoms with Gasteiger partial charge in [0.2, 0.25) is 0 Å². The van der Waals surface area contributed by atoms with Crippen LogP contribution in [0.4, 0.5) is 0 Å². The maximum atomic E-state index is 5.76. The average Bonchev–Trinajstić information content (AvgIpc) is 2.56. The zero-order valence-corrected chi connectivity index (χ0v) is 13.1. The molecule has 0 saturated carbocycles. The van der Waals surface area contributed by atoms with Crippen molar-refractivity contribution in [2.75, 3.05) is 19.8 Å². The third kappa shape index (κ3) is 2.79. The molecule has 1 heterocycles. The van der Waals surface area contributed by atoms with Crippen LogP contribution in [0.25, 0.3) is 0 Å². The van der Waals surface area contributed by atoms with Gasteiger partial charge < -0.3 is 10.1 Å². The molecule has 0 aliphatic carbocycles. The Balaban J connectivity index is 2.44. The summed E-state index contributed by atoms with van der Waals surface area (Å²) < 4.78 is 6.97. The number of rotatable bonds is 3.